The smallest absolute Gasteiger partial charge is 0.239 e. The van der Waals surface area contributed by atoms with Gasteiger partial charge in [-0.2, -0.15) is 0 Å². The van der Waals surface area contributed by atoms with Crippen molar-refractivity contribution in [2.24, 2.45) is 0 Å². The second-order valence-electron chi connectivity index (χ2n) is 6.38. The third-order valence-corrected chi connectivity index (χ3v) is 4.45. The van der Waals surface area contributed by atoms with Crippen molar-refractivity contribution in [2.75, 3.05) is 19.6 Å². The highest BCUT2D eigenvalue weighted by Crippen LogP contribution is 2.15. The van der Waals surface area contributed by atoms with Crippen LogP contribution in [0.3, 0.4) is 0 Å². The average Bonchev–Trinajstić information content (AvgIpc) is 2.87. The van der Waals surface area contributed by atoms with E-state index in [-0.39, 0.29) is 18.4 Å². The second-order valence-corrected chi connectivity index (χ2v) is 6.38. The third kappa shape index (κ3) is 3.93. The van der Waals surface area contributed by atoms with Crippen LogP contribution in [0.15, 0.2) is 18.2 Å². The summed E-state index contributed by atoms with van der Waals surface area (Å²) in [6.45, 7) is 3.40. The fraction of sp³-hybridized carbons (Fsp3) is 0.500. The van der Waals surface area contributed by atoms with Gasteiger partial charge in [-0.1, -0.05) is 18.6 Å². The fourth-order valence-electron chi connectivity index (χ4n) is 3.10. The Labute approximate surface area is 141 Å². The first kappa shape index (κ1) is 16.5. The van der Waals surface area contributed by atoms with E-state index in [0.29, 0.717) is 25.9 Å². The van der Waals surface area contributed by atoms with Crippen molar-refractivity contribution in [3.05, 3.63) is 29.6 Å². The number of imidazole rings is 1. The van der Waals surface area contributed by atoms with E-state index in [1.54, 1.807) is 4.90 Å². The van der Waals surface area contributed by atoms with Gasteiger partial charge in [-0.25, -0.2) is 4.98 Å². The molecule has 1 aliphatic heterocycles. The molecule has 1 fully saturated rings. The van der Waals surface area contributed by atoms with E-state index in [0.717, 1.165) is 41.7 Å². The molecule has 3 rings (SSSR count). The van der Waals surface area contributed by atoms with Gasteiger partial charge in [-0.05, 0) is 31.4 Å². The third-order valence-electron chi connectivity index (χ3n) is 4.45. The zero-order valence-electron chi connectivity index (χ0n) is 14.1. The number of hydrogen-bond donors (Lipinski definition) is 2. The van der Waals surface area contributed by atoms with Gasteiger partial charge in [-0.3, -0.25) is 9.59 Å². The molecule has 0 bridgehead atoms. The lowest BCUT2D eigenvalue weighted by molar-refractivity contribution is -0.135. The molecule has 128 valence electrons. The lowest BCUT2D eigenvalue weighted by Gasteiger charge is -2.19. The molecule has 1 aliphatic rings. The van der Waals surface area contributed by atoms with Crippen LogP contribution in [0.4, 0.5) is 0 Å². The molecule has 6 nitrogen and oxygen atoms in total. The average molecular weight is 328 g/mol. The van der Waals surface area contributed by atoms with Gasteiger partial charge in [0.2, 0.25) is 11.8 Å². The van der Waals surface area contributed by atoms with Crippen LogP contribution in [0.1, 0.15) is 37.1 Å². The van der Waals surface area contributed by atoms with Gasteiger partial charge in [0.15, 0.2) is 0 Å². The minimum absolute atomic E-state index is 0.0930. The first-order valence-corrected chi connectivity index (χ1v) is 8.62. The summed E-state index contributed by atoms with van der Waals surface area (Å²) >= 11 is 0. The highest BCUT2D eigenvalue weighted by molar-refractivity contribution is 5.85. The van der Waals surface area contributed by atoms with Gasteiger partial charge in [0.1, 0.15) is 5.82 Å². The van der Waals surface area contributed by atoms with Gasteiger partial charge in [0.05, 0.1) is 17.6 Å². The summed E-state index contributed by atoms with van der Waals surface area (Å²) in [5.74, 6) is 0.860. The normalized spacial score (nSPS) is 15.5. The van der Waals surface area contributed by atoms with Gasteiger partial charge >= 0.3 is 0 Å². The topological polar surface area (TPSA) is 78.1 Å². The van der Waals surface area contributed by atoms with Crippen molar-refractivity contribution in [3.8, 4) is 0 Å². The Kier molecular flexibility index (Phi) is 5.13. The van der Waals surface area contributed by atoms with Crippen LogP contribution >= 0.6 is 0 Å². The van der Waals surface area contributed by atoms with E-state index in [4.69, 9.17) is 0 Å². The van der Waals surface area contributed by atoms with Gasteiger partial charge in [0, 0.05) is 25.9 Å². The molecule has 2 amide bonds. The van der Waals surface area contributed by atoms with E-state index in [1.807, 2.05) is 25.1 Å². The van der Waals surface area contributed by atoms with E-state index < -0.39 is 0 Å². The Morgan fingerprint density at radius 3 is 3.04 bits per heavy atom. The predicted molar refractivity (Wildman–Crippen MR) is 92.6 cm³/mol. The van der Waals surface area contributed by atoms with E-state index in [1.165, 1.54) is 0 Å². The summed E-state index contributed by atoms with van der Waals surface area (Å²) in [4.78, 5) is 33.5. The number of aromatic amines is 1. The summed E-state index contributed by atoms with van der Waals surface area (Å²) in [7, 11) is 0. The molecule has 0 atom stereocenters. The summed E-state index contributed by atoms with van der Waals surface area (Å²) in [6.07, 6.45) is 4.19. The maximum atomic E-state index is 12.0. The standard InChI is InChI=1S/C18H24N4O2/c1-13-6-5-7-14-18(13)21-15(20-14)9-10-19-16(23)12-22-11-4-2-3-8-17(22)24/h5-7H,2-4,8-12H2,1H3,(H,19,23)(H,20,21). The van der Waals surface area contributed by atoms with Crippen LogP contribution in [0.5, 0.6) is 0 Å². The molecule has 2 heterocycles. The van der Waals surface area contributed by atoms with Crippen LogP contribution in [0.2, 0.25) is 0 Å². The quantitative estimate of drug-likeness (QED) is 0.880. The molecular formula is C18H24N4O2. The van der Waals surface area contributed by atoms with Gasteiger partial charge in [-0.15, -0.1) is 0 Å². The summed E-state index contributed by atoms with van der Waals surface area (Å²) < 4.78 is 0. The first-order valence-electron chi connectivity index (χ1n) is 8.62. The Morgan fingerprint density at radius 1 is 1.33 bits per heavy atom. The monoisotopic (exact) mass is 328 g/mol. The number of nitrogens with zero attached hydrogens (tertiary/aromatic N) is 2. The lowest BCUT2D eigenvalue weighted by Crippen LogP contribution is -2.41. The molecule has 0 unspecified atom stereocenters. The van der Waals surface area contributed by atoms with Crippen LogP contribution in [0.25, 0.3) is 11.0 Å². The van der Waals surface area contributed by atoms with Crippen molar-refractivity contribution in [1.29, 1.82) is 0 Å². The molecule has 2 aromatic rings. The number of aryl methyl sites for hydroxylation is 1. The number of aromatic nitrogens is 2. The maximum Gasteiger partial charge on any atom is 0.239 e. The molecule has 1 aromatic heterocycles. The highest BCUT2D eigenvalue weighted by atomic mass is 16.2. The van der Waals surface area contributed by atoms with Crippen molar-refractivity contribution in [3.63, 3.8) is 0 Å². The Balaban J connectivity index is 1.49. The number of carbonyl (C=O) groups excluding carboxylic acids is 2. The number of likely N-dealkylation sites (tertiary alicyclic amines) is 1. The molecule has 6 heteroatoms. The number of amides is 2. The predicted octanol–water partition coefficient (Wildman–Crippen LogP) is 1.93. The Bertz CT molecular complexity index is 738. The number of nitrogens with one attached hydrogen (secondary N) is 2. The molecule has 1 saturated heterocycles. The summed E-state index contributed by atoms with van der Waals surface area (Å²) in [6, 6.07) is 6.04. The second kappa shape index (κ2) is 7.47. The highest BCUT2D eigenvalue weighted by Gasteiger charge is 2.18. The zero-order chi connectivity index (χ0) is 16.9. The number of H-pyrrole nitrogens is 1. The van der Waals surface area contributed by atoms with Crippen LogP contribution in [-0.2, 0) is 16.0 Å². The van der Waals surface area contributed by atoms with E-state index in [2.05, 4.69) is 15.3 Å². The van der Waals surface area contributed by atoms with Crippen molar-refractivity contribution < 1.29 is 9.59 Å². The number of hydrogen-bond acceptors (Lipinski definition) is 3. The minimum Gasteiger partial charge on any atom is -0.354 e. The fourth-order valence-corrected chi connectivity index (χ4v) is 3.10. The number of fused-ring (bicyclic) bond motifs is 1. The molecule has 24 heavy (non-hydrogen) atoms. The van der Waals surface area contributed by atoms with E-state index in [9.17, 15) is 9.59 Å². The summed E-state index contributed by atoms with van der Waals surface area (Å²) in [5, 5.41) is 2.89. The Morgan fingerprint density at radius 2 is 2.21 bits per heavy atom. The minimum atomic E-state index is -0.0995. The molecule has 0 saturated carbocycles. The Hall–Kier alpha value is -2.37. The van der Waals surface area contributed by atoms with Crippen LogP contribution in [-0.4, -0.2) is 46.3 Å². The number of benzene rings is 1. The maximum absolute atomic E-state index is 12.0. The van der Waals surface area contributed by atoms with E-state index >= 15 is 0 Å². The SMILES string of the molecule is Cc1cccc2[nH]c(CCNC(=O)CN3CCCCCC3=O)nc12. The number of carbonyl (C=O) groups is 2. The molecule has 0 aliphatic carbocycles. The molecule has 0 spiro atoms. The number of para-hydroxylation sites is 1. The molecular weight excluding hydrogens is 304 g/mol. The van der Waals surface area contributed by atoms with Gasteiger partial charge < -0.3 is 15.2 Å². The molecule has 0 radical (unpaired) electrons. The molecule has 1 aromatic carbocycles. The van der Waals surface area contributed by atoms with Crippen LogP contribution < -0.4 is 5.32 Å². The van der Waals surface area contributed by atoms with Crippen molar-refractivity contribution in [1.82, 2.24) is 20.2 Å². The van der Waals surface area contributed by atoms with Gasteiger partial charge in [0.25, 0.3) is 0 Å². The van der Waals surface area contributed by atoms with Crippen molar-refractivity contribution in [2.45, 2.75) is 39.0 Å². The summed E-state index contributed by atoms with van der Waals surface area (Å²) in [5.41, 5.74) is 3.14. The lowest BCUT2D eigenvalue weighted by atomic mass is 10.2. The van der Waals surface area contributed by atoms with Crippen molar-refractivity contribution >= 4 is 22.8 Å². The molecule has 2 N–H and O–H groups in total. The number of rotatable bonds is 5. The zero-order valence-corrected chi connectivity index (χ0v) is 14.1. The first-order chi connectivity index (χ1) is 11.6. The van der Waals surface area contributed by atoms with Crippen LogP contribution in [0, 0.1) is 6.92 Å². The largest absolute Gasteiger partial charge is 0.354 e.